The molecule has 0 amide bonds. The molecule has 1 rings (SSSR count). The predicted octanol–water partition coefficient (Wildman–Crippen LogP) is 3.68. The number of nitrogens with one attached hydrogen (secondary N) is 1. The molecule has 0 radical (unpaired) electrons. The van der Waals surface area contributed by atoms with Gasteiger partial charge in [0, 0.05) is 17.1 Å². The van der Waals surface area contributed by atoms with Crippen molar-refractivity contribution in [2.75, 3.05) is 25.6 Å². The first kappa shape index (κ1) is 14.3. The molecule has 1 N–H and O–H groups in total. The Kier molecular flexibility index (Phi) is 5.28. The van der Waals surface area contributed by atoms with E-state index in [1.54, 1.807) is 7.11 Å². The lowest BCUT2D eigenvalue weighted by Gasteiger charge is -2.20. The summed E-state index contributed by atoms with van der Waals surface area (Å²) in [5, 5.41) is 3.31. The Hall–Kier alpha value is -0.740. The van der Waals surface area contributed by atoms with Gasteiger partial charge in [-0.1, -0.05) is 0 Å². The molecule has 0 spiro atoms. The summed E-state index contributed by atoms with van der Waals surface area (Å²) in [5.74, 6) is 0.840. The number of hydrogen-bond acceptors (Lipinski definition) is 3. The first-order valence-corrected chi connectivity index (χ1v) is 6.43. The Labute approximate surface area is 112 Å². The first-order chi connectivity index (χ1) is 7.92. The molecule has 0 atom stereocenters. The van der Waals surface area contributed by atoms with Crippen molar-refractivity contribution >= 4 is 21.6 Å². The number of hydrogen-bond donors (Lipinski definition) is 1. The highest BCUT2D eigenvalue weighted by Gasteiger charge is 2.09. The van der Waals surface area contributed by atoms with Gasteiger partial charge in [0.15, 0.2) is 0 Å². The van der Waals surface area contributed by atoms with Crippen molar-refractivity contribution in [3.05, 3.63) is 22.7 Å². The topological polar surface area (TPSA) is 30.5 Å². The van der Waals surface area contributed by atoms with Gasteiger partial charge in [-0.3, -0.25) is 0 Å². The van der Waals surface area contributed by atoms with Gasteiger partial charge in [0.05, 0.1) is 25.0 Å². The SMILES string of the molecule is COc1ccc(Br)c(NCCOC(C)(C)C)c1. The molecular weight excluding hydrogens is 282 g/mol. The fourth-order valence-corrected chi connectivity index (χ4v) is 1.70. The predicted molar refractivity (Wildman–Crippen MR) is 74.9 cm³/mol. The third-order valence-corrected chi connectivity index (χ3v) is 2.82. The summed E-state index contributed by atoms with van der Waals surface area (Å²) in [5.41, 5.74) is 0.926. The molecule has 0 aliphatic carbocycles. The standard InChI is InChI=1S/C13H20BrNO2/c1-13(2,3)17-8-7-15-12-9-10(16-4)5-6-11(12)14/h5-6,9,15H,7-8H2,1-4H3. The van der Waals surface area contributed by atoms with E-state index in [9.17, 15) is 0 Å². The van der Waals surface area contributed by atoms with Gasteiger partial charge < -0.3 is 14.8 Å². The number of halogens is 1. The van der Waals surface area contributed by atoms with E-state index in [1.165, 1.54) is 0 Å². The molecule has 0 bridgehead atoms. The molecule has 96 valence electrons. The molecule has 0 unspecified atom stereocenters. The summed E-state index contributed by atoms with van der Waals surface area (Å²) >= 11 is 3.49. The van der Waals surface area contributed by atoms with E-state index in [0.717, 1.165) is 22.5 Å². The second-order valence-electron chi connectivity index (χ2n) is 4.73. The lowest BCUT2D eigenvalue weighted by atomic mass is 10.2. The minimum Gasteiger partial charge on any atom is -0.497 e. The van der Waals surface area contributed by atoms with Crippen molar-refractivity contribution in [1.29, 1.82) is 0 Å². The Bertz CT molecular complexity index is 361. The fourth-order valence-electron chi connectivity index (χ4n) is 1.31. The van der Waals surface area contributed by atoms with Gasteiger partial charge in [-0.2, -0.15) is 0 Å². The maximum atomic E-state index is 5.64. The van der Waals surface area contributed by atoms with Crippen LogP contribution in [0.3, 0.4) is 0 Å². The van der Waals surface area contributed by atoms with Crippen molar-refractivity contribution in [3.63, 3.8) is 0 Å². The van der Waals surface area contributed by atoms with Gasteiger partial charge in [-0.05, 0) is 48.8 Å². The summed E-state index contributed by atoms with van der Waals surface area (Å²) in [7, 11) is 1.66. The molecule has 0 saturated carbocycles. The molecular formula is C13H20BrNO2. The number of benzene rings is 1. The highest BCUT2D eigenvalue weighted by atomic mass is 79.9. The third-order valence-electron chi connectivity index (χ3n) is 2.13. The van der Waals surface area contributed by atoms with Gasteiger partial charge >= 0.3 is 0 Å². The van der Waals surface area contributed by atoms with E-state index in [-0.39, 0.29) is 5.60 Å². The quantitative estimate of drug-likeness (QED) is 0.842. The van der Waals surface area contributed by atoms with Crippen LogP contribution in [0.15, 0.2) is 22.7 Å². The van der Waals surface area contributed by atoms with Crippen molar-refractivity contribution < 1.29 is 9.47 Å². The smallest absolute Gasteiger partial charge is 0.121 e. The van der Waals surface area contributed by atoms with E-state index < -0.39 is 0 Å². The maximum absolute atomic E-state index is 5.64. The third kappa shape index (κ3) is 5.41. The zero-order valence-electron chi connectivity index (χ0n) is 10.8. The van der Waals surface area contributed by atoms with Crippen LogP contribution in [0, 0.1) is 0 Å². The van der Waals surface area contributed by atoms with Crippen LogP contribution in [-0.4, -0.2) is 25.9 Å². The second kappa shape index (κ2) is 6.26. The van der Waals surface area contributed by atoms with Gasteiger partial charge in [-0.15, -0.1) is 0 Å². The summed E-state index contributed by atoms with van der Waals surface area (Å²) in [4.78, 5) is 0. The summed E-state index contributed by atoms with van der Waals surface area (Å²) < 4.78 is 11.8. The van der Waals surface area contributed by atoms with Crippen LogP contribution in [-0.2, 0) is 4.74 Å². The summed E-state index contributed by atoms with van der Waals surface area (Å²) in [6.45, 7) is 7.59. The molecule has 0 aliphatic rings. The Morgan fingerprint density at radius 1 is 1.29 bits per heavy atom. The molecule has 0 fully saturated rings. The molecule has 1 aromatic carbocycles. The number of rotatable bonds is 5. The minimum absolute atomic E-state index is 0.0900. The molecule has 1 aromatic rings. The molecule has 4 heteroatoms. The maximum Gasteiger partial charge on any atom is 0.121 e. The zero-order valence-corrected chi connectivity index (χ0v) is 12.4. The number of methoxy groups -OCH3 is 1. The monoisotopic (exact) mass is 301 g/mol. The van der Waals surface area contributed by atoms with E-state index in [1.807, 2.05) is 18.2 Å². The lowest BCUT2D eigenvalue weighted by Crippen LogP contribution is -2.23. The summed E-state index contributed by atoms with van der Waals surface area (Å²) in [6, 6.07) is 5.84. The summed E-state index contributed by atoms with van der Waals surface area (Å²) in [6.07, 6.45) is 0. The Balaban J connectivity index is 2.46. The van der Waals surface area contributed by atoms with Crippen molar-refractivity contribution in [2.45, 2.75) is 26.4 Å². The highest BCUT2D eigenvalue weighted by Crippen LogP contribution is 2.26. The van der Waals surface area contributed by atoms with Crippen LogP contribution in [0.1, 0.15) is 20.8 Å². The van der Waals surface area contributed by atoms with Crippen molar-refractivity contribution in [2.24, 2.45) is 0 Å². The van der Waals surface area contributed by atoms with Gasteiger partial charge in [0.25, 0.3) is 0 Å². The molecule has 17 heavy (non-hydrogen) atoms. The van der Waals surface area contributed by atoms with Crippen LogP contribution < -0.4 is 10.1 Å². The van der Waals surface area contributed by atoms with Crippen molar-refractivity contribution in [3.8, 4) is 5.75 Å². The van der Waals surface area contributed by atoms with Crippen LogP contribution in [0.2, 0.25) is 0 Å². The molecule has 3 nitrogen and oxygen atoms in total. The molecule has 0 aromatic heterocycles. The van der Waals surface area contributed by atoms with E-state index in [0.29, 0.717) is 6.61 Å². The van der Waals surface area contributed by atoms with Gasteiger partial charge in [0.1, 0.15) is 5.75 Å². The van der Waals surface area contributed by atoms with Crippen molar-refractivity contribution in [1.82, 2.24) is 0 Å². The molecule has 0 saturated heterocycles. The normalized spacial score (nSPS) is 11.4. The molecule has 0 aliphatic heterocycles. The fraction of sp³-hybridized carbons (Fsp3) is 0.538. The van der Waals surface area contributed by atoms with Crippen LogP contribution in [0.4, 0.5) is 5.69 Å². The minimum atomic E-state index is -0.0900. The van der Waals surface area contributed by atoms with E-state index >= 15 is 0 Å². The highest BCUT2D eigenvalue weighted by molar-refractivity contribution is 9.10. The zero-order chi connectivity index (χ0) is 12.9. The van der Waals surface area contributed by atoms with E-state index in [4.69, 9.17) is 9.47 Å². The second-order valence-corrected chi connectivity index (χ2v) is 5.59. The Morgan fingerprint density at radius 3 is 2.59 bits per heavy atom. The van der Waals surface area contributed by atoms with Crippen LogP contribution in [0.25, 0.3) is 0 Å². The van der Waals surface area contributed by atoms with Crippen LogP contribution >= 0.6 is 15.9 Å². The van der Waals surface area contributed by atoms with E-state index in [2.05, 4.69) is 42.0 Å². The first-order valence-electron chi connectivity index (χ1n) is 5.64. The van der Waals surface area contributed by atoms with Gasteiger partial charge in [0.2, 0.25) is 0 Å². The lowest BCUT2D eigenvalue weighted by molar-refractivity contribution is 0.00333. The number of ether oxygens (including phenoxy) is 2. The average molecular weight is 302 g/mol. The van der Waals surface area contributed by atoms with Gasteiger partial charge in [-0.25, -0.2) is 0 Å². The molecule has 0 heterocycles. The largest absolute Gasteiger partial charge is 0.497 e. The van der Waals surface area contributed by atoms with Crippen LogP contribution in [0.5, 0.6) is 5.75 Å². The average Bonchev–Trinajstić information content (AvgIpc) is 2.25. The number of anilines is 1. The Morgan fingerprint density at radius 2 is 2.00 bits per heavy atom.